The first kappa shape index (κ1) is 7.43. The summed E-state index contributed by atoms with van der Waals surface area (Å²) in [7, 11) is 1.66. The number of benzene rings is 1. The Morgan fingerprint density at radius 1 is 1.42 bits per heavy atom. The fraction of sp³-hybridized carbons (Fsp3) is 0.111. The highest BCUT2D eigenvalue weighted by Crippen LogP contribution is 2.34. The van der Waals surface area contributed by atoms with Gasteiger partial charge in [-0.15, -0.1) is 11.3 Å². The monoisotopic (exact) mass is 179 g/mol. The summed E-state index contributed by atoms with van der Waals surface area (Å²) in [5, 5.41) is 2.97. The van der Waals surface area contributed by atoms with E-state index in [0.29, 0.717) is 0 Å². The van der Waals surface area contributed by atoms with E-state index in [4.69, 9.17) is 10.5 Å². The lowest BCUT2D eigenvalue weighted by Crippen LogP contribution is -1.86. The second kappa shape index (κ2) is 2.68. The van der Waals surface area contributed by atoms with Gasteiger partial charge in [-0.1, -0.05) is 6.07 Å². The summed E-state index contributed by atoms with van der Waals surface area (Å²) in [4.78, 5) is 0. The fourth-order valence-corrected chi connectivity index (χ4v) is 2.11. The molecule has 1 aromatic heterocycles. The molecule has 1 aromatic carbocycles. The lowest BCUT2D eigenvalue weighted by Gasteiger charge is -2.01. The molecule has 62 valence electrons. The molecule has 0 saturated heterocycles. The Labute approximate surface area is 74.6 Å². The molecule has 0 amide bonds. The first-order valence-electron chi connectivity index (χ1n) is 3.62. The molecule has 2 aromatic rings. The van der Waals surface area contributed by atoms with Crippen molar-refractivity contribution >= 4 is 27.1 Å². The number of hydrogen-bond acceptors (Lipinski definition) is 3. The average Bonchev–Trinajstić information content (AvgIpc) is 2.48. The van der Waals surface area contributed by atoms with E-state index in [-0.39, 0.29) is 0 Å². The number of nitrogen functional groups attached to an aromatic ring is 1. The third-order valence-electron chi connectivity index (χ3n) is 1.81. The summed E-state index contributed by atoms with van der Waals surface area (Å²) in [5.41, 5.74) is 6.58. The molecule has 2 nitrogen and oxygen atoms in total. The van der Waals surface area contributed by atoms with Crippen LogP contribution in [0.3, 0.4) is 0 Å². The van der Waals surface area contributed by atoms with Crippen LogP contribution >= 0.6 is 11.3 Å². The topological polar surface area (TPSA) is 35.2 Å². The lowest BCUT2D eigenvalue weighted by molar-refractivity contribution is 0.420. The van der Waals surface area contributed by atoms with Crippen LogP contribution in [-0.4, -0.2) is 7.11 Å². The largest absolute Gasteiger partial charge is 0.496 e. The van der Waals surface area contributed by atoms with Crippen molar-refractivity contribution in [3.63, 3.8) is 0 Å². The Balaban J connectivity index is 2.84. The van der Waals surface area contributed by atoms with Crippen LogP contribution in [0.1, 0.15) is 0 Å². The molecule has 0 unspecified atom stereocenters. The molecule has 2 N–H and O–H groups in total. The minimum Gasteiger partial charge on any atom is -0.496 e. The van der Waals surface area contributed by atoms with Gasteiger partial charge in [0.15, 0.2) is 0 Å². The molecule has 0 fully saturated rings. The Hall–Kier alpha value is -1.22. The van der Waals surface area contributed by atoms with Crippen LogP contribution in [0.4, 0.5) is 5.69 Å². The Morgan fingerprint density at radius 2 is 2.25 bits per heavy atom. The zero-order valence-electron chi connectivity index (χ0n) is 6.70. The van der Waals surface area contributed by atoms with Gasteiger partial charge in [0, 0.05) is 10.1 Å². The van der Waals surface area contributed by atoms with E-state index in [2.05, 4.69) is 0 Å². The predicted octanol–water partition coefficient (Wildman–Crippen LogP) is 2.49. The summed E-state index contributed by atoms with van der Waals surface area (Å²) >= 11 is 1.64. The van der Waals surface area contributed by atoms with Gasteiger partial charge in [0.25, 0.3) is 0 Å². The summed E-state index contributed by atoms with van der Waals surface area (Å²) < 4.78 is 6.37. The molecule has 0 aliphatic carbocycles. The molecule has 0 atom stereocenters. The van der Waals surface area contributed by atoms with Crippen LogP contribution in [-0.2, 0) is 0 Å². The number of methoxy groups -OCH3 is 1. The first-order valence-corrected chi connectivity index (χ1v) is 4.50. The predicted molar refractivity (Wildman–Crippen MR) is 52.8 cm³/mol. The number of rotatable bonds is 1. The Morgan fingerprint density at radius 3 is 3.00 bits per heavy atom. The molecule has 1 heterocycles. The van der Waals surface area contributed by atoms with Crippen molar-refractivity contribution in [1.29, 1.82) is 0 Å². The van der Waals surface area contributed by atoms with Gasteiger partial charge in [0.2, 0.25) is 0 Å². The molecule has 0 radical (unpaired) electrons. The van der Waals surface area contributed by atoms with E-state index in [1.807, 2.05) is 23.6 Å². The van der Waals surface area contributed by atoms with Crippen molar-refractivity contribution < 1.29 is 4.74 Å². The zero-order chi connectivity index (χ0) is 8.55. The number of hydrogen-bond donors (Lipinski definition) is 1. The molecular formula is C9H9NOS. The van der Waals surface area contributed by atoms with Crippen LogP contribution < -0.4 is 10.5 Å². The van der Waals surface area contributed by atoms with Crippen molar-refractivity contribution in [2.75, 3.05) is 12.8 Å². The third-order valence-corrected chi connectivity index (χ3v) is 2.78. The minimum absolute atomic E-state index is 0.799. The van der Waals surface area contributed by atoms with Gasteiger partial charge in [-0.2, -0.15) is 0 Å². The molecule has 0 aliphatic heterocycles. The second-order valence-electron chi connectivity index (χ2n) is 2.52. The molecule has 0 aliphatic rings. The zero-order valence-corrected chi connectivity index (χ0v) is 7.52. The van der Waals surface area contributed by atoms with E-state index >= 15 is 0 Å². The smallest absolute Gasteiger partial charge is 0.129 e. The van der Waals surface area contributed by atoms with Crippen LogP contribution in [0, 0.1) is 0 Å². The van der Waals surface area contributed by atoms with Gasteiger partial charge in [0.05, 0.1) is 18.2 Å². The fourth-order valence-electron chi connectivity index (χ4n) is 1.25. The van der Waals surface area contributed by atoms with Crippen molar-refractivity contribution in [3.05, 3.63) is 23.6 Å². The maximum atomic E-state index is 5.78. The highest BCUT2D eigenvalue weighted by Gasteiger charge is 2.05. The third kappa shape index (κ3) is 0.940. The number of ether oxygens (including phenoxy) is 1. The van der Waals surface area contributed by atoms with Crippen molar-refractivity contribution in [3.8, 4) is 5.75 Å². The molecule has 3 heteroatoms. The number of fused-ring (bicyclic) bond motifs is 1. The molecular weight excluding hydrogens is 170 g/mol. The lowest BCUT2D eigenvalue weighted by atomic mass is 10.2. The normalized spacial score (nSPS) is 10.4. The van der Waals surface area contributed by atoms with Gasteiger partial charge in [-0.05, 0) is 12.1 Å². The molecule has 2 rings (SSSR count). The Bertz CT molecular complexity index is 408. The van der Waals surface area contributed by atoms with Crippen LogP contribution in [0.5, 0.6) is 5.75 Å². The van der Waals surface area contributed by atoms with Gasteiger partial charge in [-0.3, -0.25) is 0 Å². The highest BCUT2D eigenvalue weighted by molar-refractivity contribution is 7.17. The van der Waals surface area contributed by atoms with Gasteiger partial charge < -0.3 is 10.5 Å². The second-order valence-corrected chi connectivity index (χ2v) is 3.44. The van der Waals surface area contributed by atoms with Crippen LogP contribution in [0.2, 0.25) is 0 Å². The summed E-state index contributed by atoms with van der Waals surface area (Å²) in [6.07, 6.45) is 0. The SMILES string of the molecule is COc1cccc2scc(N)c12. The van der Waals surface area contributed by atoms with Gasteiger partial charge in [-0.25, -0.2) is 0 Å². The van der Waals surface area contributed by atoms with E-state index in [1.165, 1.54) is 4.70 Å². The average molecular weight is 179 g/mol. The van der Waals surface area contributed by atoms with Crippen molar-refractivity contribution in [2.24, 2.45) is 0 Å². The summed E-state index contributed by atoms with van der Waals surface area (Å²) in [6, 6.07) is 5.93. The summed E-state index contributed by atoms with van der Waals surface area (Å²) in [6.45, 7) is 0. The maximum Gasteiger partial charge on any atom is 0.129 e. The standard InChI is InChI=1S/C9H9NOS/c1-11-7-3-2-4-8-9(7)6(10)5-12-8/h2-5H,10H2,1H3. The minimum atomic E-state index is 0.799. The molecule has 0 spiro atoms. The van der Waals surface area contributed by atoms with E-state index in [0.717, 1.165) is 16.8 Å². The number of anilines is 1. The molecule has 0 saturated carbocycles. The first-order chi connectivity index (χ1) is 5.83. The van der Waals surface area contributed by atoms with Crippen molar-refractivity contribution in [1.82, 2.24) is 0 Å². The van der Waals surface area contributed by atoms with Gasteiger partial charge in [0.1, 0.15) is 5.75 Å². The number of nitrogens with two attached hydrogens (primary N) is 1. The quantitative estimate of drug-likeness (QED) is 0.730. The Kier molecular flexibility index (Phi) is 1.66. The summed E-state index contributed by atoms with van der Waals surface area (Å²) in [5.74, 6) is 0.853. The van der Waals surface area contributed by atoms with Gasteiger partial charge >= 0.3 is 0 Å². The molecule has 12 heavy (non-hydrogen) atoms. The van der Waals surface area contributed by atoms with E-state index in [1.54, 1.807) is 18.4 Å². The number of thiophene rings is 1. The van der Waals surface area contributed by atoms with Crippen molar-refractivity contribution in [2.45, 2.75) is 0 Å². The van der Waals surface area contributed by atoms with Crippen LogP contribution in [0.15, 0.2) is 23.6 Å². The highest BCUT2D eigenvalue weighted by atomic mass is 32.1. The van der Waals surface area contributed by atoms with Crippen LogP contribution in [0.25, 0.3) is 10.1 Å². The maximum absolute atomic E-state index is 5.78. The molecule has 0 bridgehead atoms. The van der Waals surface area contributed by atoms with E-state index in [9.17, 15) is 0 Å². The van der Waals surface area contributed by atoms with E-state index < -0.39 is 0 Å².